The number of ether oxygens (including phenoxy) is 1. The van der Waals surface area contributed by atoms with E-state index in [9.17, 15) is 35.8 Å². The molecule has 0 amide bonds. The van der Waals surface area contributed by atoms with Crippen molar-refractivity contribution in [3.8, 4) is 5.75 Å². The van der Waals surface area contributed by atoms with Crippen LogP contribution in [0.3, 0.4) is 0 Å². The van der Waals surface area contributed by atoms with Crippen LogP contribution in [0.25, 0.3) is 0 Å². The standard InChI is InChI=1S/C15H17F7O2/c1-3-8(2)24-12-5-4-9(16)6-10(12)11(23)7-14(19,13(17)18)15(20,21)22/h4-6,8,11,13,23H,3,7H2,1-2H3. The van der Waals surface area contributed by atoms with E-state index in [1.165, 1.54) is 0 Å². The minimum atomic E-state index is -5.90. The lowest BCUT2D eigenvalue weighted by atomic mass is 9.93. The molecule has 1 rings (SSSR count). The summed E-state index contributed by atoms with van der Waals surface area (Å²) in [6.45, 7) is 3.34. The fraction of sp³-hybridized carbons (Fsp3) is 0.600. The van der Waals surface area contributed by atoms with E-state index < -0.39 is 48.3 Å². The predicted octanol–water partition coefficient (Wildman–Crippen LogP) is 4.96. The second-order valence-corrected chi connectivity index (χ2v) is 5.40. The molecule has 0 aliphatic heterocycles. The molecule has 24 heavy (non-hydrogen) atoms. The van der Waals surface area contributed by atoms with Gasteiger partial charge in [0.15, 0.2) is 0 Å². The maximum absolute atomic E-state index is 13.7. The zero-order valence-corrected chi connectivity index (χ0v) is 12.9. The average Bonchev–Trinajstić information content (AvgIpc) is 2.47. The van der Waals surface area contributed by atoms with E-state index in [4.69, 9.17) is 4.74 Å². The first-order valence-electron chi connectivity index (χ1n) is 7.10. The van der Waals surface area contributed by atoms with Gasteiger partial charge in [0.25, 0.3) is 12.1 Å². The number of hydrogen-bond acceptors (Lipinski definition) is 2. The van der Waals surface area contributed by atoms with E-state index in [2.05, 4.69) is 0 Å². The van der Waals surface area contributed by atoms with Crippen LogP contribution < -0.4 is 4.74 Å². The molecule has 1 aromatic carbocycles. The topological polar surface area (TPSA) is 29.5 Å². The van der Waals surface area contributed by atoms with E-state index >= 15 is 0 Å². The molecule has 1 N–H and O–H groups in total. The van der Waals surface area contributed by atoms with Gasteiger partial charge >= 0.3 is 6.18 Å². The molecule has 0 aliphatic carbocycles. The summed E-state index contributed by atoms with van der Waals surface area (Å²) < 4.78 is 95.4. The predicted molar refractivity (Wildman–Crippen MR) is 72.3 cm³/mol. The quantitative estimate of drug-likeness (QED) is 0.695. The highest BCUT2D eigenvalue weighted by atomic mass is 19.4. The van der Waals surface area contributed by atoms with Gasteiger partial charge in [0.2, 0.25) is 0 Å². The van der Waals surface area contributed by atoms with Crippen molar-refractivity contribution in [1.29, 1.82) is 0 Å². The fourth-order valence-corrected chi connectivity index (χ4v) is 1.91. The van der Waals surface area contributed by atoms with E-state index in [0.29, 0.717) is 12.5 Å². The van der Waals surface area contributed by atoms with Crippen molar-refractivity contribution in [3.63, 3.8) is 0 Å². The van der Waals surface area contributed by atoms with Gasteiger partial charge in [0.1, 0.15) is 11.6 Å². The van der Waals surface area contributed by atoms with Crippen molar-refractivity contribution < 1.29 is 40.6 Å². The van der Waals surface area contributed by atoms with Gasteiger partial charge in [-0.25, -0.2) is 17.6 Å². The number of rotatable bonds is 7. The van der Waals surface area contributed by atoms with Gasteiger partial charge in [-0.15, -0.1) is 0 Å². The Bertz CT molecular complexity index is 547. The Morgan fingerprint density at radius 1 is 1.17 bits per heavy atom. The lowest BCUT2D eigenvalue weighted by molar-refractivity contribution is -0.276. The molecule has 0 fully saturated rings. The molecule has 0 bridgehead atoms. The monoisotopic (exact) mass is 362 g/mol. The van der Waals surface area contributed by atoms with Crippen LogP contribution in [0, 0.1) is 5.82 Å². The average molecular weight is 362 g/mol. The summed E-state index contributed by atoms with van der Waals surface area (Å²) in [4.78, 5) is 0. The third-order valence-electron chi connectivity index (χ3n) is 3.54. The first-order valence-corrected chi connectivity index (χ1v) is 7.10. The molecule has 138 valence electrons. The third kappa shape index (κ3) is 4.52. The van der Waals surface area contributed by atoms with E-state index in [1.807, 2.05) is 0 Å². The summed E-state index contributed by atoms with van der Waals surface area (Å²) in [6, 6.07) is 2.59. The molecule has 0 heterocycles. The molecule has 1 aromatic rings. The summed E-state index contributed by atoms with van der Waals surface area (Å²) >= 11 is 0. The molecule has 0 radical (unpaired) electrons. The smallest absolute Gasteiger partial charge is 0.428 e. The van der Waals surface area contributed by atoms with Crippen LogP contribution in [0.2, 0.25) is 0 Å². The second-order valence-electron chi connectivity index (χ2n) is 5.40. The Labute approximate surface area is 134 Å². The second kappa shape index (κ2) is 7.58. The Kier molecular flexibility index (Phi) is 6.49. The zero-order valence-electron chi connectivity index (χ0n) is 12.9. The highest BCUT2D eigenvalue weighted by Gasteiger charge is 2.63. The van der Waals surface area contributed by atoms with Gasteiger partial charge in [-0.3, -0.25) is 0 Å². The molecular formula is C15H17F7O2. The highest BCUT2D eigenvalue weighted by Crippen LogP contribution is 2.45. The lowest BCUT2D eigenvalue weighted by Gasteiger charge is -2.29. The SMILES string of the molecule is CCC(C)Oc1ccc(F)cc1C(O)CC(F)(C(F)F)C(F)(F)F. The van der Waals surface area contributed by atoms with Crippen LogP contribution in [-0.2, 0) is 0 Å². The molecule has 9 heteroatoms. The Morgan fingerprint density at radius 3 is 2.21 bits per heavy atom. The maximum Gasteiger partial charge on any atom is 0.428 e. The van der Waals surface area contributed by atoms with Crippen LogP contribution in [-0.4, -0.2) is 29.5 Å². The van der Waals surface area contributed by atoms with Gasteiger partial charge in [-0.05, 0) is 31.5 Å². The van der Waals surface area contributed by atoms with E-state index in [1.54, 1.807) is 13.8 Å². The van der Waals surface area contributed by atoms with Gasteiger partial charge < -0.3 is 9.84 Å². The summed E-state index contributed by atoms with van der Waals surface area (Å²) in [7, 11) is 0. The fourth-order valence-electron chi connectivity index (χ4n) is 1.91. The van der Waals surface area contributed by atoms with Crippen molar-refractivity contribution in [2.24, 2.45) is 0 Å². The summed E-state index contributed by atoms with van der Waals surface area (Å²) in [5.41, 5.74) is -5.45. The van der Waals surface area contributed by atoms with Gasteiger partial charge in [-0.2, -0.15) is 13.2 Å². The Hall–Kier alpha value is -1.51. The molecule has 0 saturated heterocycles. The van der Waals surface area contributed by atoms with Crippen LogP contribution in [0.1, 0.15) is 38.4 Å². The summed E-state index contributed by atoms with van der Waals surface area (Å²) in [5.74, 6) is -1.13. The molecule has 0 spiro atoms. The van der Waals surface area contributed by atoms with Crippen molar-refractivity contribution in [2.75, 3.05) is 0 Å². The van der Waals surface area contributed by atoms with Crippen molar-refractivity contribution >= 4 is 0 Å². The molecule has 2 nitrogen and oxygen atoms in total. The first-order chi connectivity index (χ1) is 10.9. The number of benzene rings is 1. The number of aliphatic hydroxyl groups excluding tert-OH is 1. The highest BCUT2D eigenvalue weighted by molar-refractivity contribution is 5.36. The van der Waals surface area contributed by atoms with Crippen LogP contribution in [0.4, 0.5) is 30.7 Å². The van der Waals surface area contributed by atoms with Gasteiger partial charge in [-0.1, -0.05) is 6.92 Å². The van der Waals surface area contributed by atoms with Crippen molar-refractivity contribution in [1.82, 2.24) is 0 Å². The Morgan fingerprint density at radius 2 is 1.75 bits per heavy atom. The molecule has 0 saturated carbocycles. The molecule has 0 aliphatic rings. The number of aliphatic hydroxyl groups is 1. The normalized spacial score (nSPS) is 17.5. The zero-order chi connectivity index (χ0) is 18.7. The number of hydrogen-bond donors (Lipinski definition) is 1. The van der Waals surface area contributed by atoms with Crippen LogP contribution >= 0.6 is 0 Å². The molecule has 3 atom stereocenters. The van der Waals surface area contributed by atoms with Gasteiger partial charge in [0, 0.05) is 12.0 Å². The largest absolute Gasteiger partial charge is 0.490 e. The maximum atomic E-state index is 13.7. The van der Waals surface area contributed by atoms with Crippen LogP contribution in [0.5, 0.6) is 5.75 Å². The molecule has 3 unspecified atom stereocenters. The van der Waals surface area contributed by atoms with Crippen LogP contribution in [0.15, 0.2) is 18.2 Å². The number of halogens is 7. The molecule has 0 aromatic heterocycles. The first kappa shape index (κ1) is 20.5. The van der Waals surface area contributed by atoms with E-state index in [-0.39, 0.29) is 5.75 Å². The van der Waals surface area contributed by atoms with Gasteiger partial charge in [0.05, 0.1) is 12.2 Å². The summed E-state index contributed by atoms with van der Waals surface area (Å²) in [5, 5.41) is 9.84. The van der Waals surface area contributed by atoms with E-state index in [0.717, 1.165) is 12.1 Å². The number of alkyl halides is 6. The third-order valence-corrected chi connectivity index (χ3v) is 3.54. The minimum Gasteiger partial charge on any atom is -0.490 e. The summed E-state index contributed by atoms with van der Waals surface area (Å²) in [6.07, 6.45) is -14.6. The molecular weight excluding hydrogens is 345 g/mol. The van der Waals surface area contributed by atoms with Crippen molar-refractivity contribution in [2.45, 2.75) is 57.2 Å². The Balaban J connectivity index is 3.18. The van der Waals surface area contributed by atoms with Crippen molar-refractivity contribution in [3.05, 3.63) is 29.6 Å². The minimum absolute atomic E-state index is 0.197. The lowest BCUT2D eigenvalue weighted by Crippen LogP contribution is -2.48.